The van der Waals surface area contributed by atoms with Crippen molar-refractivity contribution in [1.82, 2.24) is 14.7 Å². The third-order valence-corrected chi connectivity index (χ3v) is 10.2. The Morgan fingerprint density at radius 3 is 1.33 bits per heavy atom. The summed E-state index contributed by atoms with van der Waals surface area (Å²) in [6.07, 6.45) is 9.39. The van der Waals surface area contributed by atoms with Crippen molar-refractivity contribution in [3.8, 4) is 0 Å². The van der Waals surface area contributed by atoms with Crippen LogP contribution >= 0.6 is 0 Å². The molecule has 0 saturated carbocycles. The Bertz CT molecular complexity index is 321. The van der Waals surface area contributed by atoms with Gasteiger partial charge in [0.1, 0.15) is 0 Å². The van der Waals surface area contributed by atoms with Gasteiger partial charge in [-0.05, 0) is 131 Å². The molecular weight excluding hydrogens is 350 g/mol. The van der Waals surface area contributed by atoms with E-state index in [0.29, 0.717) is 5.41 Å². The van der Waals surface area contributed by atoms with Gasteiger partial charge < -0.3 is 19.1 Å². The maximum absolute atomic E-state index is 6.02. The van der Waals surface area contributed by atoms with Gasteiger partial charge >= 0.3 is 0 Å². The topological polar surface area (TPSA) is 19.0 Å². The minimum absolute atomic E-state index is 0.490. The van der Waals surface area contributed by atoms with Crippen LogP contribution in [0.3, 0.4) is 0 Å². The molecule has 1 atom stereocenters. The summed E-state index contributed by atoms with van der Waals surface area (Å²) in [6, 6.07) is 2.54. The third-order valence-electron chi connectivity index (χ3n) is 6.36. The number of rotatable bonds is 17. The standard InChI is InChI=1S/C22H51N3OSi/c1-10-27(9,26-8)21-17-22(14-11-18-23(2)3,15-12-19-24(4)5)16-13-20-25(6)7/h10-21H2,1-9H3. The van der Waals surface area contributed by atoms with Crippen LogP contribution in [0.25, 0.3) is 0 Å². The maximum Gasteiger partial charge on any atom is 0.188 e. The highest BCUT2D eigenvalue weighted by molar-refractivity contribution is 6.72. The van der Waals surface area contributed by atoms with Crippen molar-refractivity contribution in [2.24, 2.45) is 5.41 Å². The zero-order chi connectivity index (χ0) is 20.9. The van der Waals surface area contributed by atoms with E-state index in [2.05, 4.69) is 70.5 Å². The van der Waals surface area contributed by atoms with E-state index in [4.69, 9.17) is 4.43 Å². The van der Waals surface area contributed by atoms with E-state index in [-0.39, 0.29) is 0 Å². The van der Waals surface area contributed by atoms with Crippen molar-refractivity contribution in [1.29, 1.82) is 0 Å². The Hall–Kier alpha value is 0.0569. The van der Waals surface area contributed by atoms with Crippen LogP contribution in [0.4, 0.5) is 0 Å². The van der Waals surface area contributed by atoms with Crippen molar-refractivity contribution < 1.29 is 4.43 Å². The molecule has 0 aromatic rings. The van der Waals surface area contributed by atoms with Crippen molar-refractivity contribution in [2.75, 3.05) is 69.0 Å². The molecule has 0 saturated heterocycles. The van der Waals surface area contributed by atoms with Crippen LogP contribution in [-0.2, 0) is 4.43 Å². The number of hydrogen-bond acceptors (Lipinski definition) is 4. The third kappa shape index (κ3) is 13.0. The molecule has 27 heavy (non-hydrogen) atoms. The fraction of sp³-hybridized carbons (Fsp3) is 1.00. The molecule has 1 unspecified atom stereocenters. The second-order valence-electron chi connectivity index (χ2n) is 9.73. The lowest BCUT2D eigenvalue weighted by Gasteiger charge is -2.38. The van der Waals surface area contributed by atoms with Crippen LogP contribution in [0.15, 0.2) is 0 Å². The van der Waals surface area contributed by atoms with Crippen LogP contribution in [0, 0.1) is 5.41 Å². The second kappa shape index (κ2) is 14.1. The molecule has 0 radical (unpaired) electrons. The van der Waals surface area contributed by atoms with Crippen LogP contribution in [0.5, 0.6) is 0 Å². The summed E-state index contributed by atoms with van der Waals surface area (Å²) in [6.45, 7) is 8.36. The second-order valence-corrected chi connectivity index (χ2v) is 14.2. The molecule has 4 nitrogen and oxygen atoms in total. The summed E-state index contributed by atoms with van der Waals surface area (Å²) in [4.78, 5) is 7.01. The molecule has 0 amide bonds. The fourth-order valence-corrected chi connectivity index (χ4v) is 5.92. The molecule has 0 heterocycles. The zero-order valence-corrected chi connectivity index (χ0v) is 21.2. The van der Waals surface area contributed by atoms with E-state index in [1.165, 1.54) is 76.7 Å². The Morgan fingerprint density at radius 2 is 1.07 bits per heavy atom. The number of hydrogen-bond donors (Lipinski definition) is 0. The van der Waals surface area contributed by atoms with Crippen molar-refractivity contribution >= 4 is 8.32 Å². The Labute approximate surface area is 172 Å². The van der Waals surface area contributed by atoms with E-state index in [1.807, 2.05) is 7.11 Å². The van der Waals surface area contributed by atoms with Gasteiger partial charge in [-0.3, -0.25) is 0 Å². The Balaban J connectivity index is 5.18. The molecule has 164 valence electrons. The van der Waals surface area contributed by atoms with Gasteiger partial charge in [-0.15, -0.1) is 0 Å². The highest BCUT2D eigenvalue weighted by Crippen LogP contribution is 2.42. The van der Waals surface area contributed by atoms with Gasteiger partial charge in [-0.2, -0.15) is 0 Å². The molecule has 0 fully saturated rings. The lowest BCUT2D eigenvalue weighted by atomic mass is 9.73. The normalized spacial score (nSPS) is 15.1. The lowest BCUT2D eigenvalue weighted by molar-refractivity contribution is 0.169. The largest absolute Gasteiger partial charge is 0.420 e. The minimum atomic E-state index is -1.52. The highest BCUT2D eigenvalue weighted by Gasteiger charge is 2.34. The molecule has 0 spiro atoms. The van der Waals surface area contributed by atoms with Crippen LogP contribution in [-0.4, -0.2) is 92.0 Å². The summed E-state index contributed by atoms with van der Waals surface area (Å²) in [7, 11) is 13.6. The molecule has 0 aromatic carbocycles. The fourth-order valence-electron chi connectivity index (χ4n) is 4.01. The van der Waals surface area contributed by atoms with Crippen molar-refractivity contribution in [3.05, 3.63) is 0 Å². The molecular formula is C22H51N3OSi. The highest BCUT2D eigenvalue weighted by atomic mass is 28.4. The molecule has 0 N–H and O–H groups in total. The number of nitrogens with zero attached hydrogens (tertiary/aromatic N) is 3. The van der Waals surface area contributed by atoms with E-state index < -0.39 is 8.32 Å². The quantitative estimate of drug-likeness (QED) is 0.331. The SMILES string of the molecule is CC[Si](C)(CCC(CCCN(C)C)(CCCN(C)C)CCCN(C)C)OC. The summed E-state index contributed by atoms with van der Waals surface area (Å²) in [5, 5.41) is 0. The van der Waals surface area contributed by atoms with Gasteiger partial charge in [0.2, 0.25) is 0 Å². The summed E-state index contributed by atoms with van der Waals surface area (Å²) in [5.74, 6) is 0. The van der Waals surface area contributed by atoms with E-state index in [0.717, 1.165) is 0 Å². The lowest BCUT2D eigenvalue weighted by Crippen LogP contribution is -2.35. The van der Waals surface area contributed by atoms with Gasteiger partial charge in [0, 0.05) is 7.11 Å². The van der Waals surface area contributed by atoms with E-state index in [9.17, 15) is 0 Å². The molecule has 0 aliphatic carbocycles. The average molecular weight is 402 g/mol. The first-order chi connectivity index (χ1) is 12.6. The van der Waals surface area contributed by atoms with Gasteiger partial charge in [-0.25, -0.2) is 0 Å². The molecule has 0 bridgehead atoms. The smallest absolute Gasteiger partial charge is 0.188 e. The van der Waals surface area contributed by atoms with Gasteiger partial charge in [-0.1, -0.05) is 6.92 Å². The van der Waals surface area contributed by atoms with Crippen molar-refractivity contribution in [3.63, 3.8) is 0 Å². The molecule has 0 aliphatic rings. The predicted molar refractivity (Wildman–Crippen MR) is 124 cm³/mol. The Morgan fingerprint density at radius 1 is 0.704 bits per heavy atom. The van der Waals surface area contributed by atoms with E-state index in [1.54, 1.807) is 0 Å². The first-order valence-electron chi connectivity index (χ1n) is 11.1. The monoisotopic (exact) mass is 401 g/mol. The zero-order valence-electron chi connectivity index (χ0n) is 20.2. The molecule has 0 rings (SSSR count). The van der Waals surface area contributed by atoms with E-state index >= 15 is 0 Å². The molecule has 0 aliphatic heterocycles. The van der Waals surface area contributed by atoms with Crippen LogP contribution in [0.1, 0.15) is 51.9 Å². The van der Waals surface area contributed by atoms with Gasteiger partial charge in [0.25, 0.3) is 0 Å². The first kappa shape index (κ1) is 27.1. The first-order valence-corrected chi connectivity index (χ1v) is 13.9. The summed E-state index contributed by atoms with van der Waals surface area (Å²) >= 11 is 0. The van der Waals surface area contributed by atoms with Crippen LogP contribution in [0.2, 0.25) is 18.6 Å². The average Bonchev–Trinajstić information content (AvgIpc) is 2.58. The molecule has 5 heteroatoms. The van der Waals surface area contributed by atoms with Crippen molar-refractivity contribution in [2.45, 2.75) is 70.5 Å². The molecule has 0 aromatic heterocycles. The minimum Gasteiger partial charge on any atom is -0.420 e. The van der Waals surface area contributed by atoms with Gasteiger partial charge in [0.05, 0.1) is 0 Å². The summed E-state index contributed by atoms with van der Waals surface area (Å²) in [5.41, 5.74) is 0.490. The van der Waals surface area contributed by atoms with Crippen LogP contribution < -0.4 is 0 Å². The predicted octanol–water partition coefficient (Wildman–Crippen LogP) is 4.63. The Kier molecular flexibility index (Phi) is 14.1. The van der Waals surface area contributed by atoms with Gasteiger partial charge in [0.15, 0.2) is 8.32 Å². The maximum atomic E-state index is 6.02. The summed E-state index contributed by atoms with van der Waals surface area (Å²) < 4.78 is 6.02.